The molecule has 1 aromatic carbocycles. The first-order valence-corrected chi connectivity index (χ1v) is 9.36. The van der Waals surface area contributed by atoms with Gasteiger partial charge < -0.3 is 9.84 Å². The average molecular weight is 392 g/mol. The van der Waals surface area contributed by atoms with Gasteiger partial charge in [0.25, 0.3) is 0 Å². The van der Waals surface area contributed by atoms with Crippen LogP contribution in [-0.2, 0) is 22.6 Å². The summed E-state index contributed by atoms with van der Waals surface area (Å²) in [6.07, 6.45) is 3.69. The van der Waals surface area contributed by atoms with Gasteiger partial charge in [0.05, 0.1) is 0 Å². The summed E-state index contributed by atoms with van der Waals surface area (Å²) in [5.41, 5.74) is 1.57. The lowest BCUT2D eigenvalue weighted by atomic mass is 10.0. The van der Waals surface area contributed by atoms with E-state index in [1.54, 1.807) is 37.3 Å². The molecule has 1 aliphatic heterocycles. The Bertz CT molecular complexity index is 861. The number of thiophene rings is 1. The van der Waals surface area contributed by atoms with Gasteiger partial charge in [-0.2, -0.15) is 0 Å². The number of carbonyl (C=O) groups is 2. The molecule has 2 aromatic rings. The fourth-order valence-corrected chi connectivity index (χ4v) is 4.31. The molecule has 1 aliphatic rings. The number of esters is 1. The summed E-state index contributed by atoms with van der Waals surface area (Å²) in [5.74, 6) is -1.35. The van der Waals surface area contributed by atoms with Crippen molar-refractivity contribution in [1.29, 1.82) is 0 Å². The van der Waals surface area contributed by atoms with Gasteiger partial charge in [-0.25, -0.2) is 4.79 Å². The van der Waals surface area contributed by atoms with E-state index in [-0.39, 0.29) is 0 Å². The number of allylic oxidation sites excluding steroid dienone is 1. The lowest BCUT2D eigenvalue weighted by Gasteiger charge is -2.32. The van der Waals surface area contributed by atoms with E-state index in [2.05, 4.69) is 0 Å². The van der Waals surface area contributed by atoms with Gasteiger partial charge in [0, 0.05) is 29.1 Å². The Kier molecular flexibility index (Phi) is 5.76. The van der Waals surface area contributed by atoms with Crippen LogP contribution in [0.5, 0.6) is 5.06 Å². The number of rotatable bonds is 5. The molecule has 7 heteroatoms. The van der Waals surface area contributed by atoms with Crippen molar-refractivity contribution in [1.82, 2.24) is 4.90 Å². The van der Waals surface area contributed by atoms with Crippen LogP contribution in [0.25, 0.3) is 0 Å². The number of hydrogen-bond donors (Lipinski definition) is 1. The van der Waals surface area contributed by atoms with E-state index in [9.17, 15) is 14.7 Å². The zero-order valence-electron chi connectivity index (χ0n) is 14.1. The summed E-state index contributed by atoms with van der Waals surface area (Å²) in [6.45, 7) is 2.81. The Labute approximate surface area is 160 Å². The SMILES string of the molecule is C/C=C/C(=O)Oc1cc2c(s1)CCN([C@H](C(=O)O)c1ccccc1Cl)C2. The lowest BCUT2D eigenvalue weighted by Crippen LogP contribution is -2.37. The number of carboxylic acid groups (broad SMARTS) is 1. The number of nitrogens with zero attached hydrogens (tertiary/aromatic N) is 1. The predicted octanol–water partition coefficient (Wildman–Crippen LogP) is 4.07. The monoisotopic (exact) mass is 391 g/mol. The van der Waals surface area contributed by atoms with Crippen LogP contribution in [0.3, 0.4) is 0 Å². The zero-order chi connectivity index (χ0) is 18.7. The predicted molar refractivity (Wildman–Crippen MR) is 101 cm³/mol. The highest BCUT2D eigenvalue weighted by atomic mass is 35.5. The Hall–Kier alpha value is -2.15. The first-order valence-electron chi connectivity index (χ1n) is 8.17. The molecule has 0 amide bonds. The van der Waals surface area contributed by atoms with Crippen LogP contribution >= 0.6 is 22.9 Å². The van der Waals surface area contributed by atoms with Crippen molar-refractivity contribution in [2.45, 2.75) is 25.9 Å². The average Bonchev–Trinajstić information content (AvgIpc) is 2.98. The third-order valence-corrected chi connectivity index (χ3v) is 5.64. The molecule has 0 saturated carbocycles. The molecule has 0 saturated heterocycles. The Balaban J connectivity index is 1.82. The molecule has 26 heavy (non-hydrogen) atoms. The number of hydrogen-bond acceptors (Lipinski definition) is 5. The molecule has 5 nitrogen and oxygen atoms in total. The fourth-order valence-electron chi connectivity index (χ4n) is 3.05. The maximum atomic E-state index is 11.9. The number of fused-ring (bicyclic) bond motifs is 1. The van der Waals surface area contributed by atoms with Crippen molar-refractivity contribution in [3.8, 4) is 5.06 Å². The van der Waals surface area contributed by atoms with Crippen molar-refractivity contribution in [2.75, 3.05) is 6.54 Å². The molecule has 0 fully saturated rings. The van der Waals surface area contributed by atoms with E-state index < -0.39 is 18.0 Å². The van der Waals surface area contributed by atoms with Gasteiger partial charge in [-0.05, 0) is 36.6 Å². The van der Waals surface area contributed by atoms with Crippen LogP contribution in [0, 0.1) is 0 Å². The molecule has 0 bridgehead atoms. The minimum Gasteiger partial charge on any atom is -0.480 e. The number of benzene rings is 1. The van der Waals surface area contributed by atoms with E-state index >= 15 is 0 Å². The molecular formula is C19H18ClNO4S. The highest BCUT2D eigenvalue weighted by Gasteiger charge is 2.32. The minimum absolute atomic E-state index is 0.414. The van der Waals surface area contributed by atoms with E-state index in [4.69, 9.17) is 16.3 Å². The summed E-state index contributed by atoms with van der Waals surface area (Å²) in [5, 5.41) is 10.7. The normalized spacial score (nSPS) is 15.6. The molecule has 0 radical (unpaired) electrons. The quantitative estimate of drug-likeness (QED) is 0.614. The fraction of sp³-hybridized carbons (Fsp3) is 0.263. The van der Waals surface area contributed by atoms with Crippen LogP contribution in [-0.4, -0.2) is 28.5 Å². The summed E-state index contributed by atoms with van der Waals surface area (Å²) in [6, 6.07) is 8.02. The molecule has 1 N–H and O–H groups in total. The summed E-state index contributed by atoms with van der Waals surface area (Å²) in [7, 11) is 0. The molecule has 1 atom stereocenters. The number of carbonyl (C=O) groups excluding carboxylic acids is 1. The molecule has 1 aromatic heterocycles. The van der Waals surface area contributed by atoms with Crippen molar-refractivity contribution in [2.24, 2.45) is 0 Å². The first-order chi connectivity index (χ1) is 12.5. The molecule has 0 spiro atoms. The lowest BCUT2D eigenvalue weighted by molar-refractivity contribution is -0.144. The van der Waals surface area contributed by atoms with Gasteiger partial charge in [-0.3, -0.25) is 9.69 Å². The van der Waals surface area contributed by atoms with Gasteiger partial charge in [-0.15, -0.1) is 11.3 Å². The summed E-state index contributed by atoms with van der Waals surface area (Å²) >= 11 is 7.66. The zero-order valence-corrected chi connectivity index (χ0v) is 15.7. The summed E-state index contributed by atoms with van der Waals surface area (Å²) < 4.78 is 5.29. The van der Waals surface area contributed by atoms with Crippen molar-refractivity contribution in [3.05, 3.63) is 63.5 Å². The van der Waals surface area contributed by atoms with E-state index in [1.807, 2.05) is 11.0 Å². The Morgan fingerprint density at radius 3 is 2.85 bits per heavy atom. The van der Waals surface area contributed by atoms with Crippen molar-refractivity contribution >= 4 is 34.9 Å². The molecular weight excluding hydrogens is 374 g/mol. The molecule has 0 aliphatic carbocycles. The third-order valence-electron chi connectivity index (χ3n) is 4.18. The summed E-state index contributed by atoms with van der Waals surface area (Å²) in [4.78, 5) is 26.5. The van der Waals surface area contributed by atoms with Gasteiger partial charge in [0.2, 0.25) is 0 Å². The smallest absolute Gasteiger partial charge is 0.336 e. The standard InChI is InChI=1S/C19H18ClNO4S/c1-2-5-16(22)25-17-10-12-11-21(9-8-15(12)26-17)18(19(23)24)13-6-3-4-7-14(13)20/h2-7,10,18H,8-9,11H2,1H3,(H,23,24)/b5-2+/t18-/m0/s1. The number of carboxylic acids is 1. The van der Waals surface area contributed by atoms with E-state index in [1.165, 1.54) is 17.4 Å². The topological polar surface area (TPSA) is 66.8 Å². The van der Waals surface area contributed by atoms with Gasteiger partial charge in [0.1, 0.15) is 6.04 Å². The van der Waals surface area contributed by atoms with Crippen LogP contribution < -0.4 is 4.74 Å². The second-order valence-corrected chi connectivity index (χ2v) is 7.42. The first kappa shape index (κ1) is 18.6. The highest BCUT2D eigenvalue weighted by Crippen LogP contribution is 2.37. The van der Waals surface area contributed by atoms with Crippen LogP contribution in [0.1, 0.15) is 29.0 Å². The largest absolute Gasteiger partial charge is 0.480 e. The van der Waals surface area contributed by atoms with Crippen molar-refractivity contribution in [3.63, 3.8) is 0 Å². The maximum Gasteiger partial charge on any atom is 0.336 e. The second kappa shape index (κ2) is 8.03. The molecule has 2 heterocycles. The van der Waals surface area contributed by atoms with E-state index in [0.717, 1.165) is 10.4 Å². The molecule has 0 unspecified atom stereocenters. The van der Waals surface area contributed by atoms with Crippen LogP contribution in [0.2, 0.25) is 5.02 Å². The van der Waals surface area contributed by atoms with Crippen molar-refractivity contribution < 1.29 is 19.4 Å². The molecule has 3 rings (SSSR count). The van der Waals surface area contributed by atoms with Crippen LogP contribution in [0.4, 0.5) is 0 Å². The second-order valence-electron chi connectivity index (χ2n) is 5.92. The maximum absolute atomic E-state index is 11.9. The number of ether oxygens (including phenoxy) is 1. The Morgan fingerprint density at radius 1 is 1.38 bits per heavy atom. The number of aliphatic carboxylic acids is 1. The minimum atomic E-state index is -0.934. The Morgan fingerprint density at radius 2 is 2.15 bits per heavy atom. The van der Waals surface area contributed by atoms with Crippen LogP contribution in [0.15, 0.2) is 42.5 Å². The third kappa shape index (κ3) is 3.98. The van der Waals surface area contributed by atoms with Gasteiger partial charge in [0.15, 0.2) is 5.06 Å². The molecule has 136 valence electrons. The number of halogens is 1. The van der Waals surface area contributed by atoms with Gasteiger partial charge in [-0.1, -0.05) is 35.9 Å². The van der Waals surface area contributed by atoms with Gasteiger partial charge >= 0.3 is 11.9 Å². The van der Waals surface area contributed by atoms with E-state index in [0.29, 0.717) is 35.2 Å². The highest BCUT2D eigenvalue weighted by molar-refractivity contribution is 7.14.